The highest BCUT2D eigenvalue weighted by Crippen LogP contribution is 2.69. The van der Waals surface area contributed by atoms with Crippen LogP contribution >= 0.6 is 0 Å². The summed E-state index contributed by atoms with van der Waals surface area (Å²) in [4.78, 5) is 0. The van der Waals surface area contributed by atoms with Crippen molar-refractivity contribution in [1.29, 1.82) is 10.5 Å². The second kappa shape index (κ2) is 19.9. The largest absolute Gasteiger partial charge is 0.198 e. The predicted octanol–water partition coefficient (Wildman–Crippen LogP) is 16.1. The highest BCUT2D eigenvalue weighted by atomic mass is 14.6. The maximum absolute atomic E-state index is 9.97. The molecule has 2 nitrogen and oxygen atoms in total. The molecule has 0 aromatic heterocycles. The summed E-state index contributed by atoms with van der Waals surface area (Å²) in [5.41, 5.74) is 13.5. The molecule has 2 fully saturated rings. The quantitative estimate of drug-likeness (QED) is 0.106. The molecule has 0 heterocycles. The van der Waals surface area contributed by atoms with Crippen LogP contribution in [0.1, 0.15) is 139 Å². The molecule has 4 aliphatic rings. The molecule has 4 aromatic carbocycles. The van der Waals surface area contributed by atoms with E-state index < -0.39 is 0 Å². The summed E-state index contributed by atoms with van der Waals surface area (Å²) in [6.07, 6.45) is 18.7. The van der Waals surface area contributed by atoms with Crippen LogP contribution in [-0.2, 0) is 0 Å². The normalized spacial score (nSPS) is 25.2. The van der Waals surface area contributed by atoms with Gasteiger partial charge < -0.3 is 0 Å². The molecule has 0 aliphatic heterocycles. The highest BCUT2D eigenvalue weighted by molar-refractivity contribution is 5.91. The zero-order chi connectivity index (χ0) is 42.0. The van der Waals surface area contributed by atoms with E-state index in [-0.39, 0.29) is 22.7 Å². The van der Waals surface area contributed by atoms with Crippen LogP contribution in [0, 0.1) is 57.2 Å². The fraction of sp³-hybridized carbons (Fsp3) is 0.414. The van der Waals surface area contributed by atoms with Crippen LogP contribution in [0.5, 0.6) is 0 Å². The molecule has 4 aliphatic carbocycles. The van der Waals surface area contributed by atoms with Gasteiger partial charge in [0.25, 0.3) is 0 Å². The molecule has 0 saturated heterocycles. The lowest BCUT2D eigenvalue weighted by Gasteiger charge is -2.37. The van der Waals surface area contributed by atoms with Crippen molar-refractivity contribution in [3.05, 3.63) is 168 Å². The van der Waals surface area contributed by atoms with Gasteiger partial charge in [0.1, 0.15) is 0 Å². The first-order valence-corrected chi connectivity index (χ1v) is 23.3. The molecule has 0 bridgehead atoms. The van der Waals surface area contributed by atoms with Gasteiger partial charge in [-0.3, -0.25) is 0 Å². The van der Waals surface area contributed by atoms with Crippen LogP contribution < -0.4 is 0 Å². The third-order valence-corrected chi connectivity index (χ3v) is 14.9. The van der Waals surface area contributed by atoms with Gasteiger partial charge in [-0.15, -0.1) is 0 Å². The Labute approximate surface area is 362 Å². The molecule has 6 atom stereocenters. The molecule has 2 saturated carbocycles. The molecular formula is C58H66N2. The van der Waals surface area contributed by atoms with Crippen LogP contribution in [0.25, 0.3) is 22.3 Å². The summed E-state index contributed by atoms with van der Waals surface area (Å²) in [7, 11) is 0. The number of hydrogen-bond donors (Lipinski definition) is 0. The van der Waals surface area contributed by atoms with Crippen molar-refractivity contribution in [1.82, 2.24) is 0 Å². The van der Waals surface area contributed by atoms with Gasteiger partial charge in [0.15, 0.2) is 0 Å². The standard InChI is InChI=1S/2C29H33N/c2*1-3-4-5-8-17-25-20-27-26(21-30)18-19-29(27,22(2)23-13-9-6-10-14-23)28(25)24-15-11-7-12-16-24/h2*6-7,9-16,26-27H,2-5,8,17-20H2,1H3/t26-,27?,29+;26-,27?,29-/m10/s1. The minimum atomic E-state index is -0.108. The van der Waals surface area contributed by atoms with Crippen molar-refractivity contribution in [2.24, 2.45) is 34.5 Å². The van der Waals surface area contributed by atoms with Gasteiger partial charge in [0, 0.05) is 10.8 Å². The Bertz CT molecular complexity index is 2050. The monoisotopic (exact) mass is 791 g/mol. The summed E-state index contributed by atoms with van der Waals surface area (Å²) >= 11 is 0. The van der Waals surface area contributed by atoms with Gasteiger partial charge in [-0.05, 0) is 121 Å². The van der Waals surface area contributed by atoms with Crippen molar-refractivity contribution >= 4 is 22.3 Å². The molecular weight excluding hydrogens is 725 g/mol. The van der Waals surface area contributed by atoms with Crippen molar-refractivity contribution in [2.75, 3.05) is 0 Å². The van der Waals surface area contributed by atoms with Gasteiger partial charge in [-0.1, -0.05) is 198 Å². The van der Waals surface area contributed by atoms with Crippen molar-refractivity contribution < 1.29 is 0 Å². The van der Waals surface area contributed by atoms with Gasteiger partial charge in [0.2, 0.25) is 0 Å². The average Bonchev–Trinajstić information content (AvgIpc) is 4.04. The summed E-state index contributed by atoms with van der Waals surface area (Å²) in [5, 5.41) is 19.9. The van der Waals surface area contributed by atoms with Crippen LogP contribution in [0.15, 0.2) is 146 Å². The van der Waals surface area contributed by atoms with Gasteiger partial charge in [-0.25, -0.2) is 0 Å². The van der Waals surface area contributed by atoms with Gasteiger partial charge >= 0.3 is 0 Å². The minimum Gasteiger partial charge on any atom is -0.198 e. The number of fused-ring (bicyclic) bond motifs is 2. The van der Waals surface area contributed by atoms with Crippen LogP contribution in [0.4, 0.5) is 0 Å². The Morgan fingerprint density at radius 2 is 0.867 bits per heavy atom. The number of benzene rings is 4. The smallest absolute Gasteiger partial charge is 0.0659 e. The third kappa shape index (κ3) is 8.29. The molecule has 0 amide bonds. The maximum Gasteiger partial charge on any atom is 0.0659 e. The number of unbranched alkanes of at least 4 members (excludes halogenated alkanes) is 6. The van der Waals surface area contributed by atoms with Gasteiger partial charge in [-0.2, -0.15) is 10.5 Å². The van der Waals surface area contributed by atoms with Crippen molar-refractivity contribution in [3.8, 4) is 12.1 Å². The van der Waals surface area contributed by atoms with E-state index in [0.29, 0.717) is 11.8 Å². The average molecular weight is 791 g/mol. The lowest BCUT2D eigenvalue weighted by molar-refractivity contribution is 0.366. The Morgan fingerprint density at radius 1 is 0.517 bits per heavy atom. The molecule has 308 valence electrons. The fourth-order valence-corrected chi connectivity index (χ4v) is 12.1. The summed E-state index contributed by atoms with van der Waals surface area (Å²) < 4.78 is 0. The number of allylic oxidation sites excluding steroid dienone is 6. The van der Waals surface area contributed by atoms with E-state index in [4.69, 9.17) is 0 Å². The van der Waals surface area contributed by atoms with Crippen LogP contribution in [0.2, 0.25) is 0 Å². The van der Waals surface area contributed by atoms with E-state index in [1.165, 1.54) is 95.9 Å². The molecule has 0 spiro atoms. The maximum atomic E-state index is 9.97. The molecule has 4 aromatic rings. The van der Waals surface area contributed by atoms with E-state index >= 15 is 0 Å². The topological polar surface area (TPSA) is 47.6 Å². The van der Waals surface area contributed by atoms with E-state index in [0.717, 1.165) is 51.4 Å². The number of rotatable bonds is 16. The lowest BCUT2D eigenvalue weighted by Crippen LogP contribution is -2.27. The minimum absolute atomic E-state index is 0.108. The van der Waals surface area contributed by atoms with Crippen LogP contribution in [0.3, 0.4) is 0 Å². The number of hydrogen-bond acceptors (Lipinski definition) is 2. The molecule has 2 unspecified atom stereocenters. The van der Waals surface area contributed by atoms with Crippen LogP contribution in [-0.4, -0.2) is 0 Å². The van der Waals surface area contributed by atoms with Crippen molar-refractivity contribution in [2.45, 2.75) is 117 Å². The highest BCUT2D eigenvalue weighted by Gasteiger charge is 2.58. The first kappa shape index (κ1) is 42.9. The Hall–Kier alpha value is -5.18. The van der Waals surface area contributed by atoms with Crippen molar-refractivity contribution in [3.63, 3.8) is 0 Å². The van der Waals surface area contributed by atoms with E-state index in [1.807, 2.05) is 0 Å². The Kier molecular flexibility index (Phi) is 14.3. The molecule has 2 heteroatoms. The summed E-state index contributed by atoms with van der Waals surface area (Å²) in [5.74, 6) is 0.952. The molecule has 0 N–H and O–H groups in total. The van der Waals surface area contributed by atoms with E-state index in [1.54, 1.807) is 11.1 Å². The fourth-order valence-electron chi connectivity index (χ4n) is 12.1. The molecule has 60 heavy (non-hydrogen) atoms. The molecule has 8 rings (SSSR count). The van der Waals surface area contributed by atoms with Gasteiger partial charge in [0.05, 0.1) is 24.0 Å². The second-order valence-corrected chi connectivity index (χ2v) is 18.1. The first-order chi connectivity index (χ1) is 29.4. The molecule has 0 radical (unpaired) electrons. The number of nitrogens with zero attached hydrogens (tertiary/aromatic N) is 2. The zero-order valence-electron chi connectivity index (χ0n) is 36.5. The SMILES string of the molecule is C=C(c1ccccc1)[C@@]12CC[C@@H](C#N)C1CC(CCCCCC)=C2c1ccccc1.C=C(c1ccccc1)[C@@]12CC[C@H](C#N)C1CC(CCCCCC)=C2c1ccccc1. The Morgan fingerprint density at radius 3 is 1.20 bits per heavy atom. The lowest BCUT2D eigenvalue weighted by atomic mass is 9.65. The van der Waals surface area contributed by atoms with E-state index in [2.05, 4.69) is 160 Å². The summed E-state index contributed by atoms with van der Waals surface area (Å²) in [6, 6.07) is 48.5. The Balaban J connectivity index is 0.000000181. The first-order valence-electron chi connectivity index (χ1n) is 23.3. The van der Waals surface area contributed by atoms with E-state index in [9.17, 15) is 10.5 Å². The predicted molar refractivity (Wildman–Crippen MR) is 253 cm³/mol. The second-order valence-electron chi connectivity index (χ2n) is 18.1. The third-order valence-electron chi connectivity index (χ3n) is 14.9. The zero-order valence-corrected chi connectivity index (χ0v) is 36.5. The summed E-state index contributed by atoms with van der Waals surface area (Å²) in [6.45, 7) is 13.9. The number of nitriles is 2.